The fourth-order valence-corrected chi connectivity index (χ4v) is 9.40. The van der Waals surface area contributed by atoms with Crippen molar-refractivity contribution in [1.29, 1.82) is 5.26 Å². The van der Waals surface area contributed by atoms with Crippen LogP contribution in [0.15, 0.2) is 211 Å². The summed E-state index contributed by atoms with van der Waals surface area (Å²) < 4.78 is 2.42. The molecule has 2 heterocycles. The second kappa shape index (κ2) is 13.5. The fraction of sp³-hybridized carbons (Fsp3) is 0.0370. The fourth-order valence-electron chi connectivity index (χ4n) is 9.40. The summed E-state index contributed by atoms with van der Waals surface area (Å²) in [5, 5.41) is 15.9. The molecule has 1 aliphatic heterocycles. The Bertz CT molecular complexity index is 3110. The molecule has 0 saturated heterocycles. The van der Waals surface area contributed by atoms with Crippen LogP contribution in [0.2, 0.25) is 0 Å². The van der Waals surface area contributed by atoms with E-state index in [4.69, 9.17) is 4.99 Å². The molecule has 0 saturated carbocycles. The van der Waals surface area contributed by atoms with E-state index < -0.39 is 5.41 Å². The number of benzene rings is 8. The van der Waals surface area contributed by atoms with E-state index in [1.807, 2.05) is 30.3 Å². The van der Waals surface area contributed by atoms with Crippen LogP contribution < -0.4 is 5.32 Å². The molecule has 1 aromatic heterocycles. The lowest BCUT2D eigenvalue weighted by Crippen LogP contribution is -2.28. The number of para-hydroxylation sites is 1. The van der Waals surface area contributed by atoms with Gasteiger partial charge in [-0.1, -0.05) is 158 Å². The molecular weight excluding hydrogens is 705 g/mol. The lowest BCUT2D eigenvalue weighted by Gasteiger charge is -2.34. The van der Waals surface area contributed by atoms with Gasteiger partial charge in [-0.2, -0.15) is 5.26 Å². The molecule has 0 bridgehead atoms. The second-order valence-electron chi connectivity index (χ2n) is 15.1. The smallest absolute Gasteiger partial charge is 0.145 e. The highest BCUT2D eigenvalue weighted by molar-refractivity contribution is 6.13. The zero-order valence-corrected chi connectivity index (χ0v) is 31.5. The van der Waals surface area contributed by atoms with Gasteiger partial charge >= 0.3 is 0 Å². The van der Waals surface area contributed by atoms with E-state index in [-0.39, 0.29) is 6.17 Å². The summed E-state index contributed by atoms with van der Waals surface area (Å²) in [6.45, 7) is 0. The zero-order chi connectivity index (χ0) is 38.6. The summed E-state index contributed by atoms with van der Waals surface area (Å²) in [5.74, 6) is 0. The summed E-state index contributed by atoms with van der Waals surface area (Å²) in [7, 11) is 0. The van der Waals surface area contributed by atoms with Crippen LogP contribution in [0.1, 0.15) is 50.7 Å². The van der Waals surface area contributed by atoms with Crippen molar-refractivity contribution in [2.45, 2.75) is 11.6 Å². The van der Waals surface area contributed by atoms with Gasteiger partial charge in [-0.3, -0.25) is 4.99 Å². The molecule has 0 spiro atoms. The van der Waals surface area contributed by atoms with Crippen LogP contribution in [-0.2, 0) is 5.41 Å². The number of allylic oxidation sites excluding steroid dienone is 1. The van der Waals surface area contributed by atoms with Crippen LogP contribution in [0.25, 0.3) is 44.3 Å². The average Bonchev–Trinajstić information content (AvgIpc) is 3.79. The standard InChI is InChI=1S/C54H36N4/c55-35-36-16-14-19-38(30-36)50-34-49(37-17-4-1-5-18-37)56-53(57-50)39-20-15-25-42(31-39)58-51-29-13-11-27-44(51)46-32-48-45(33-52(46)58)43-26-10-12-28-47(43)54(48,40-21-6-2-7-22-40)41-23-8-3-9-24-41/h1-34,53,56H. The number of fused-ring (bicyclic) bond motifs is 6. The van der Waals surface area contributed by atoms with E-state index in [9.17, 15) is 5.26 Å². The molecule has 272 valence electrons. The number of hydrogen-bond acceptors (Lipinski definition) is 3. The third-order valence-electron chi connectivity index (χ3n) is 11.9. The van der Waals surface area contributed by atoms with Crippen LogP contribution in [0.3, 0.4) is 0 Å². The Hall–Kier alpha value is -7.74. The van der Waals surface area contributed by atoms with Crippen molar-refractivity contribution in [3.05, 3.63) is 251 Å². The van der Waals surface area contributed by atoms with Crippen molar-refractivity contribution in [3.8, 4) is 22.9 Å². The first-order chi connectivity index (χ1) is 28.7. The summed E-state index contributed by atoms with van der Waals surface area (Å²) in [5.41, 5.74) is 15.9. The molecule has 1 unspecified atom stereocenters. The average molecular weight is 741 g/mol. The lowest BCUT2D eigenvalue weighted by molar-refractivity contribution is 0.663. The van der Waals surface area contributed by atoms with Gasteiger partial charge in [0.1, 0.15) is 6.17 Å². The Balaban J connectivity index is 1.12. The van der Waals surface area contributed by atoms with Gasteiger partial charge in [0.2, 0.25) is 0 Å². The van der Waals surface area contributed by atoms with E-state index in [0.717, 1.165) is 44.8 Å². The normalized spacial score (nSPS) is 15.2. The quantitative estimate of drug-likeness (QED) is 0.185. The van der Waals surface area contributed by atoms with Gasteiger partial charge in [-0.15, -0.1) is 0 Å². The maximum Gasteiger partial charge on any atom is 0.145 e. The molecule has 8 aromatic carbocycles. The first kappa shape index (κ1) is 33.6. The number of nitriles is 1. The van der Waals surface area contributed by atoms with Crippen molar-refractivity contribution >= 4 is 33.2 Å². The molecule has 0 fully saturated rings. The summed E-state index contributed by atoms with van der Waals surface area (Å²) in [6, 6.07) is 73.7. The van der Waals surface area contributed by atoms with Gasteiger partial charge in [-0.25, -0.2) is 0 Å². The molecule has 0 amide bonds. The Morgan fingerprint density at radius 1 is 0.534 bits per heavy atom. The van der Waals surface area contributed by atoms with E-state index in [1.54, 1.807) is 0 Å². The number of nitrogens with one attached hydrogen (secondary N) is 1. The SMILES string of the molecule is N#Cc1cccc(C2=NC(c3cccc(-n4c5ccccc5c5cc6c(cc54)-c4ccccc4C6(c4ccccc4)c4ccccc4)c3)NC(c3ccccc3)=C2)c1. The molecule has 58 heavy (non-hydrogen) atoms. The highest BCUT2D eigenvalue weighted by Crippen LogP contribution is 2.57. The number of nitrogens with zero attached hydrogens (tertiary/aromatic N) is 3. The van der Waals surface area contributed by atoms with Gasteiger partial charge in [0.15, 0.2) is 0 Å². The predicted molar refractivity (Wildman–Crippen MR) is 236 cm³/mol. The molecule has 1 aliphatic carbocycles. The number of aliphatic imine (C=N–C) groups is 1. The summed E-state index contributed by atoms with van der Waals surface area (Å²) in [4.78, 5) is 5.28. The Labute approximate surface area is 337 Å². The topological polar surface area (TPSA) is 53.1 Å². The largest absolute Gasteiger partial charge is 0.360 e. The van der Waals surface area contributed by atoms with Crippen molar-refractivity contribution in [2.75, 3.05) is 0 Å². The molecule has 1 N–H and O–H groups in total. The lowest BCUT2D eigenvalue weighted by atomic mass is 9.67. The summed E-state index contributed by atoms with van der Waals surface area (Å²) >= 11 is 0. The monoisotopic (exact) mass is 740 g/mol. The van der Waals surface area contributed by atoms with Crippen LogP contribution >= 0.6 is 0 Å². The molecule has 9 aromatic rings. The molecular formula is C54H36N4. The van der Waals surface area contributed by atoms with E-state index in [2.05, 4.69) is 192 Å². The molecule has 4 heteroatoms. The number of aromatic nitrogens is 1. The van der Waals surface area contributed by atoms with Crippen molar-refractivity contribution in [1.82, 2.24) is 9.88 Å². The number of hydrogen-bond donors (Lipinski definition) is 1. The Kier molecular flexibility index (Phi) is 7.80. The van der Waals surface area contributed by atoms with Gasteiger partial charge in [-0.05, 0) is 93.0 Å². The molecule has 4 nitrogen and oxygen atoms in total. The summed E-state index contributed by atoms with van der Waals surface area (Å²) in [6.07, 6.45) is 1.73. The molecule has 2 aliphatic rings. The second-order valence-corrected chi connectivity index (χ2v) is 15.1. The van der Waals surface area contributed by atoms with Gasteiger partial charge in [0.25, 0.3) is 0 Å². The van der Waals surface area contributed by atoms with Crippen molar-refractivity contribution in [2.24, 2.45) is 4.99 Å². The minimum Gasteiger partial charge on any atom is -0.360 e. The van der Waals surface area contributed by atoms with Gasteiger partial charge < -0.3 is 9.88 Å². The first-order valence-electron chi connectivity index (χ1n) is 19.7. The maximum absolute atomic E-state index is 9.70. The minimum atomic E-state index is -0.481. The van der Waals surface area contributed by atoms with E-state index in [1.165, 1.54) is 44.2 Å². The number of rotatable bonds is 6. The predicted octanol–water partition coefficient (Wildman–Crippen LogP) is 12.2. The Morgan fingerprint density at radius 3 is 1.98 bits per heavy atom. The van der Waals surface area contributed by atoms with Crippen LogP contribution in [0, 0.1) is 11.3 Å². The zero-order valence-electron chi connectivity index (χ0n) is 31.5. The Morgan fingerprint density at radius 2 is 1.21 bits per heavy atom. The van der Waals surface area contributed by atoms with Crippen molar-refractivity contribution < 1.29 is 0 Å². The maximum atomic E-state index is 9.70. The van der Waals surface area contributed by atoms with Crippen LogP contribution in [-0.4, -0.2) is 10.3 Å². The third-order valence-corrected chi connectivity index (χ3v) is 11.9. The van der Waals surface area contributed by atoms with Crippen LogP contribution in [0.4, 0.5) is 0 Å². The van der Waals surface area contributed by atoms with Gasteiger partial charge in [0, 0.05) is 27.7 Å². The first-order valence-corrected chi connectivity index (χ1v) is 19.7. The molecule has 11 rings (SSSR count). The third kappa shape index (κ3) is 5.18. The highest BCUT2D eigenvalue weighted by Gasteiger charge is 2.46. The van der Waals surface area contributed by atoms with E-state index >= 15 is 0 Å². The highest BCUT2D eigenvalue weighted by atomic mass is 15.1. The van der Waals surface area contributed by atoms with Crippen molar-refractivity contribution in [3.63, 3.8) is 0 Å². The van der Waals surface area contributed by atoms with Crippen LogP contribution in [0.5, 0.6) is 0 Å². The van der Waals surface area contributed by atoms with Gasteiger partial charge in [0.05, 0.1) is 33.8 Å². The molecule has 0 radical (unpaired) electrons. The minimum absolute atomic E-state index is 0.359. The molecule has 1 atom stereocenters. The van der Waals surface area contributed by atoms with E-state index in [0.29, 0.717) is 5.56 Å².